The van der Waals surface area contributed by atoms with E-state index >= 15 is 0 Å². The van der Waals surface area contributed by atoms with E-state index in [1.165, 1.54) is 4.57 Å². The third-order valence-electron chi connectivity index (χ3n) is 6.04. The molecule has 1 atom stereocenters. The number of aromatic amines is 1. The van der Waals surface area contributed by atoms with Crippen molar-refractivity contribution < 1.29 is 8.78 Å². The van der Waals surface area contributed by atoms with Gasteiger partial charge in [-0.2, -0.15) is 0 Å². The Hall–Kier alpha value is -1.66. The Morgan fingerprint density at radius 2 is 1.75 bits per heavy atom. The van der Waals surface area contributed by atoms with Crippen LogP contribution in [-0.2, 0) is 6.42 Å². The fraction of sp³-hybridized carbons (Fsp3) is 0.765. The molecule has 2 N–H and O–H groups in total. The predicted octanol–water partition coefficient (Wildman–Crippen LogP) is 2.81. The van der Waals surface area contributed by atoms with E-state index < -0.39 is 5.92 Å². The highest BCUT2D eigenvalue weighted by atomic mass is 19.3. The molecule has 0 saturated heterocycles. The van der Waals surface area contributed by atoms with E-state index in [0.717, 1.165) is 25.7 Å². The average Bonchev–Trinajstić information content (AvgIpc) is 2.49. The van der Waals surface area contributed by atoms with Gasteiger partial charge in [-0.3, -0.25) is 14.3 Å². The van der Waals surface area contributed by atoms with Gasteiger partial charge in [0.15, 0.2) is 0 Å². The van der Waals surface area contributed by atoms with Gasteiger partial charge in [-0.05, 0) is 50.9 Å². The van der Waals surface area contributed by atoms with Crippen molar-refractivity contribution in [1.82, 2.24) is 9.55 Å². The van der Waals surface area contributed by atoms with Crippen molar-refractivity contribution in [3.8, 4) is 0 Å². The zero-order chi connectivity index (χ0) is 16.9. The van der Waals surface area contributed by atoms with Crippen LogP contribution in [0.3, 0.4) is 0 Å². The molecule has 0 amide bonds. The summed E-state index contributed by atoms with van der Waals surface area (Å²) < 4.78 is 28.0. The number of rotatable bonds is 2. The molecule has 5 nitrogen and oxygen atoms in total. The van der Waals surface area contributed by atoms with Crippen LogP contribution in [0.15, 0.2) is 9.59 Å². The van der Waals surface area contributed by atoms with E-state index in [1.54, 1.807) is 0 Å². The molecule has 0 spiro atoms. The summed E-state index contributed by atoms with van der Waals surface area (Å²) in [7, 11) is 0. The van der Waals surface area contributed by atoms with E-state index in [2.05, 4.69) is 10.3 Å². The summed E-state index contributed by atoms with van der Waals surface area (Å²) in [4.78, 5) is 27.7. The fourth-order valence-corrected chi connectivity index (χ4v) is 4.29. The first-order chi connectivity index (χ1) is 11.4. The molecule has 2 aliphatic carbocycles. The number of H-pyrrole nitrogens is 1. The number of halogens is 2. The Labute approximate surface area is 138 Å². The predicted molar refractivity (Wildman–Crippen MR) is 86.8 cm³/mol. The van der Waals surface area contributed by atoms with Gasteiger partial charge in [-0.25, -0.2) is 13.6 Å². The maximum absolute atomic E-state index is 13.3. The maximum Gasteiger partial charge on any atom is 0.330 e. The highest BCUT2D eigenvalue weighted by Gasteiger charge is 2.39. The summed E-state index contributed by atoms with van der Waals surface area (Å²) >= 11 is 0. The van der Waals surface area contributed by atoms with Crippen molar-refractivity contribution in [3.63, 3.8) is 0 Å². The third-order valence-corrected chi connectivity index (χ3v) is 6.04. The number of hydrogen-bond donors (Lipinski definition) is 2. The van der Waals surface area contributed by atoms with Gasteiger partial charge in [0.2, 0.25) is 5.92 Å². The lowest BCUT2D eigenvalue weighted by molar-refractivity contribution is -0.0478. The zero-order valence-electron chi connectivity index (χ0n) is 13.6. The van der Waals surface area contributed by atoms with E-state index in [4.69, 9.17) is 0 Å². The quantitative estimate of drug-likeness (QED) is 0.871. The van der Waals surface area contributed by atoms with Gasteiger partial charge in [0.05, 0.1) is 5.56 Å². The highest BCUT2D eigenvalue weighted by molar-refractivity contribution is 5.46. The first-order valence-electron chi connectivity index (χ1n) is 8.97. The summed E-state index contributed by atoms with van der Waals surface area (Å²) in [6.07, 6.45) is 5.03. The molecule has 1 aliphatic heterocycles. The summed E-state index contributed by atoms with van der Waals surface area (Å²) in [6.45, 7) is 0. The fourth-order valence-electron chi connectivity index (χ4n) is 4.29. The number of nitrogens with zero attached hydrogens (tertiary/aromatic N) is 1. The molecule has 3 aliphatic rings. The monoisotopic (exact) mass is 339 g/mol. The summed E-state index contributed by atoms with van der Waals surface area (Å²) in [5, 5.41) is 3.26. The Bertz CT molecular complexity index is 741. The lowest BCUT2D eigenvalue weighted by atomic mass is 9.79. The molecule has 1 aromatic heterocycles. The second-order valence-electron chi connectivity index (χ2n) is 7.53. The first-order valence-corrected chi connectivity index (χ1v) is 8.97. The average molecular weight is 339 g/mol. The van der Waals surface area contributed by atoms with Crippen LogP contribution in [0, 0.1) is 5.92 Å². The van der Waals surface area contributed by atoms with Gasteiger partial charge in [0, 0.05) is 24.9 Å². The van der Waals surface area contributed by atoms with Crippen LogP contribution < -0.4 is 16.6 Å². The number of fused-ring (bicyclic) bond motifs is 1. The number of aromatic nitrogens is 2. The second-order valence-corrected chi connectivity index (χ2v) is 7.53. The number of alkyl halides is 2. The van der Waals surface area contributed by atoms with Crippen LogP contribution in [-0.4, -0.2) is 21.5 Å². The van der Waals surface area contributed by atoms with Crippen LogP contribution in [0.2, 0.25) is 0 Å². The van der Waals surface area contributed by atoms with E-state index in [1.807, 2.05) is 0 Å². The van der Waals surface area contributed by atoms with Crippen LogP contribution >= 0.6 is 0 Å². The van der Waals surface area contributed by atoms with Gasteiger partial charge < -0.3 is 5.32 Å². The summed E-state index contributed by atoms with van der Waals surface area (Å²) in [5.41, 5.74) is 0.102. The molecule has 0 unspecified atom stereocenters. The molecule has 132 valence electrons. The van der Waals surface area contributed by atoms with Crippen molar-refractivity contribution in [2.45, 2.75) is 75.8 Å². The van der Waals surface area contributed by atoms with Crippen LogP contribution in [0.25, 0.3) is 0 Å². The van der Waals surface area contributed by atoms with Crippen LogP contribution in [0.1, 0.15) is 63.0 Å². The molecule has 0 radical (unpaired) electrons. The minimum Gasteiger partial charge on any atom is -0.368 e. The molecule has 2 fully saturated rings. The molecule has 0 bridgehead atoms. The number of anilines is 1. The first kappa shape index (κ1) is 15.8. The van der Waals surface area contributed by atoms with Crippen molar-refractivity contribution in [3.05, 3.63) is 26.4 Å². The van der Waals surface area contributed by atoms with Gasteiger partial charge in [0.25, 0.3) is 5.56 Å². The minimum atomic E-state index is -2.53. The van der Waals surface area contributed by atoms with Gasteiger partial charge >= 0.3 is 5.69 Å². The van der Waals surface area contributed by atoms with Crippen molar-refractivity contribution in [2.75, 3.05) is 5.32 Å². The number of nitrogens with one attached hydrogen (secondary N) is 2. The molecule has 24 heavy (non-hydrogen) atoms. The van der Waals surface area contributed by atoms with Crippen molar-refractivity contribution in [2.24, 2.45) is 5.92 Å². The molecule has 0 aromatic carbocycles. The smallest absolute Gasteiger partial charge is 0.330 e. The van der Waals surface area contributed by atoms with Crippen molar-refractivity contribution >= 4 is 5.82 Å². The Morgan fingerprint density at radius 3 is 2.38 bits per heavy atom. The molecular weight excluding hydrogens is 316 g/mol. The maximum atomic E-state index is 13.3. The lowest BCUT2D eigenvalue weighted by Gasteiger charge is -2.37. The van der Waals surface area contributed by atoms with Gasteiger partial charge in [-0.15, -0.1) is 0 Å². The second kappa shape index (κ2) is 5.70. The van der Waals surface area contributed by atoms with E-state index in [9.17, 15) is 18.4 Å². The summed E-state index contributed by atoms with van der Waals surface area (Å²) in [6, 6.07) is 0.0908. The van der Waals surface area contributed by atoms with Crippen LogP contribution in [0.4, 0.5) is 14.6 Å². The Kier molecular flexibility index (Phi) is 3.77. The van der Waals surface area contributed by atoms with E-state index in [-0.39, 0.29) is 42.1 Å². The third kappa shape index (κ3) is 2.67. The largest absolute Gasteiger partial charge is 0.368 e. The molecule has 2 heterocycles. The molecular formula is C17H23F2N3O2. The molecule has 4 rings (SSSR count). The van der Waals surface area contributed by atoms with Gasteiger partial charge in [-0.1, -0.05) is 0 Å². The molecule has 2 saturated carbocycles. The number of hydrogen-bond acceptors (Lipinski definition) is 3. The Balaban J connectivity index is 1.56. The highest BCUT2D eigenvalue weighted by Crippen LogP contribution is 2.40. The Morgan fingerprint density at radius 1 is 1.04 bits per heavy atom. The summed E-state index contributed by atoms with van der Waals surface area (Å²) in [5.74, 6) is -1.85. The normalized spacial score (nSPS) is 27.2. The lowest BCUT2D eigenvalue weighted by Crippen LogP contribution is -2.46. The van der Waals surface area contributed by atoms with Crippen LogP contribution in [0.5, 0.6) is 0 Å². The van der Waals surface area contributed by atoms with E-state index in [0.29, 0.717) is 30.6 Å². The SMILES string of the molecule is O=c1[nH]c2c(c(=O)n1C1CCC1)CC[C@H](C1CCC(F)(F)CC1)N2. The molecule has 1 aromatic rings. The topological polar surface area (TPSA) is 66.9 Å². The molecule has 7 heteroatoms. The minimum absolute atomic E-state index is 0.0323. The standard InChI is InChI=1S/C17H23F2N3O2/c18-17(19)8-6-10(7-9-17)13-5-4-12-14(20-13)21-16(24)22(15(12)23)11-2-1-3-11/h10-11,13,20H,1-9H2,(H,21,24)/t13-/m1/s1. The zero-order valence-corrected chi connectivity index (χ0v) is 13.6. The van der Waals surface area contributed by atoms with Gasteiger partial charge in [0.1, 0.15) is 5.82 Å². The van der Waals surface area contributed by atoms with Crippen molar-refractivity contribution in [1.29, 1.82) is 0 Å².